The second-order valence-electron chi connectivity index (χ2n) is 8.52. The first-order valence-corrected chi connectivity index (χ1v) is 12.3. The molecule has 3 heterocycles. The Bertz CT molecular complexity index is 1200. The number of sulfone groups is 1. The van der Waals surface area contributed by atoms with E-state index >= 15 is 0 Å². The average Bonchev–Trinajstić information content (AvgIpc) is 3.30. The van der Waals surface area contributed by atoms with Crippen molar-refractivity contribution >= 4 is 15.7 Å². The minimum absolute atomic E-state index is 0.0373. The topological polar surface area (TPSA) is 88.5 Å². The number of carbonyl (C=O) groups excluding carboxylic acids is 1. The Morgan fingerprint density at radius 1 is 1.17 bits per heavy atom. The van der Waals surface area contributed by atoms with Crippen LogP contribution in [0.5, 0.6) is 0 Å². The van der Waals surface area contributed by atoms with Crippen LogP contribution in [0.3, 0.4) is 0 Å². The predicted molar refractivity (Wildman–Crippen MR) is 114 cm³/mol. The first-order valence-electron chi connectivity index (χ1n) is 10.4. The summed E-state index contributed by atoms with van der Waals surface area (Å²) in [5.74, 6) is -0.383. The Balaban J connectivity index is 1.57. The number of aromatic nitrogens is 1. The van der Waals surface area contributed by atoms with Crippen molar-refractivity contribution in [2.75, 3.05) is 24.6 Å². The highest BCUT2D eigenvalue weighted by Crippen LogP contribution is 2.28. The zero-order chi connectivity index (χ0) is 21.0. The second kappa shape index (κ2) is 7.06. The number of hydrogen-bond donors (Lipinski definition) is 1. The van der Waals surface area contributed by atoms with Gasteiger partial charge in [0, 0.05) is 25.3 Å². The summed E-state index contributed by atoms with van der Waals surface area (Å²) in [5, 5.41) is 3.21. The van der Waals surface area contributed by atoms with E-state index in [1.165, 1.54) is 11.1 Å². The molecule has 158 valence electrons. The maximum absolute atomic E-state index is 13.5. The molecule has 1 N–H and O–H groups in total. The minimum Gasteiger partial charge on any atom is -0.332 e. The van der Waals surface area contributed by atoms with Gasteiger partial charge >= 0.3 is 0 Å². The molecule has 0 spiro atoms. The molecule has 7 nitrogen and oxygen atoms in total. The highest BCUT2D eigenvalue weighted by molar-refractivity contribution is 7.91. The third-order valence-corrected chi connectivity index (χ3v) is 8.35. The predicted octanol–water partition coefficient (Wildman–Crippen LogP) is 0.846. The number of aryl methyl sites for hydroxylation is 2. The fraction of sp³-hybridized carbons (Fsp3) is 0.455. The zero-order valence-corrected chi connectivity index (χ0v) is 17.7. The van der Waals surface area contributed by atoms with Gasteiger partial charge < -0.3 is 10.2 Å². The van der Waals surface area contributed by atoms with E-state index < -0.39 is 15.9 Å². The number of nitrogens with zero attached hydrogens (tertiary/aromatic N) is 2. The van der Waals surface area contributed by atoms with Crippen LogP contribution in [0.15, 0.2) is 35.3 Å². The van der Waals surface area contributed by atoms with Crippen molar-refractivity contribution in [2.45, 2.75) is 38.3 Å². The van der Waals surface area contributed by atoms with E-state index in [0.717, 1.165) is 24.9 Å². The quantitative estimate of drug-likeness (QED) is 0.768. The van der Waals surface area contributed by atoms with Crippen molar-refractivity contribution in [2.24, 2.45) is 0 Å². The molecule has 3 aliphatic rings. The number of benzene rings is 1. The molecule has 1 aromatic heterocycles. The lowest BCUT2D eigenvalue weighted by Gasteiger charge is -2.37. The van der Waals surface area contributed by atoms with Gasteiger partial charge in [-0.05, 0) is 55.0 Å². The molecule has 0 unspecified atom stereocenters. The van der Waals surface area contributed by atoms with Gasteiger partial charge in [0.25, 0.3) is 11.5 Å². The molecule has 0 saturated carbocycles. The third-order valence-electron chi connectivity index (χ3n) is 6.64. The molecule has 0 bridgehead atoms. The number of nitrogens with one attached hydrogen (secondary N) is 1. The number of rotatable bonds is 2. The van der Waals surface area contributed by atoms with Gasteiger partial charge in [0.1, 0.15) is 5.56 Å². The van der Waals surface area contributed by atoms with Crippen LogP contribution in [-0.2, 0) is 22.7 Å². The lowest BCUT2D eigenvalue weighted by molar-refractivity contribution is 0.0618. The molecule has 2 aliphatic heterocycles. The fourth-order valence-electron chi connectivity index (χ4n) is 5.16. The van der Waals surface area contributed by atoms with Crippen molar-refractivity contribution in [3.63, 3.8) is 0 Å². The number of fused-ring (bicyclic) bond motifs is 2. The first kappa shape index (κ1) is 19.5. The van der Waals surface area contributed by atoms with Crippen LogP contribution < -0.4 is 10.9 Å². The van der Waals surface area contributed by atoms with Crippen LogP contribution in [0.25, 0.3) is 5.69 Å². The van der Waals surface area contributed by atoms with E-state index in [4.69, 9.17) is 0 Å². The fourth-order valence-corrected chi connectivity index (χ4v) is 7.12. The second-order valence-corrected chi connectivity index (χ2v) is 10.7. The van der Waals surface area contributed by atoms with Gasteiger partial charge in [-0.1, -0.05) is 12.1 Å². The van der Waals surface area contributed by atoms with Crippen molar-refractivity contribution < 1.29 is 13.2 Å². The molecular weight excluding hydrogens is 402 g/mol. The monoisotopic (exact) mass is 427 g/mol. The summed E-state index contributed by atoms with van der Waals surface area (Å²) >= 11 is 0. The van der Waals surface area contributed by atoms with Crippen LogP contribution in [0, 0.1) is 6.92 Å². The normalized spacial score (nSPS) is 24.5. The Hall–Kier alpha value is -2.45. The van der Waals surface area contributed by atoms with Crippen LogP contribution in [0.4, 0.5) is 0 Å². The van der Waals surface area contributed by atoms with E-state index in [1.54, 1.807) is 28.7 Å². The Kier molecular flexibility index (Phi) is 4.59. The maximum atomic E-state index is 13.5. The van der Waals surface area contributed by atoms with Crippen LogP contribution in [-0.4, -0.2) is 60.5 Å². The molecule has 1 aromatic carbocycles. The molecule has 1 amide bonds. The van der Waals surface area contributed by atoms with Gasteiger partial charge in [-0.2, -0.15) is 0 Å². The summed E-state index contributed by atoms with van der Waals surface area (Å²) in [6.07, 6.45) is 4.74. The molecule has 30 heavy (non-hydrogen) atoms. The highest BCUT2D eigenvalue weighted by Gasteiger charge is 2.45. The summed E-state index contributed by atoms with van der Waals surface area (Å²) < 4.78 is 25.9. The van der Waals surface area contributed by atoms with Crippen LogP contribution >= 0.6 is 0 Å². The van der Waals surface area contributed by atoms with Gasteiger partial charge in [0.05, 0.1) is 23.2 Å². The smallest absolute Gasteiger partial charge is 0.268 e. The maximum Gasteiger partial charge on any atom is 0.268 e. The van der Waals surface area contributed by atoms with Crippen molar-refractivity contribution in [1.82, 2.24) is 14.8 Å². The minimum atomic E-state index is -3.20. The van der Waals surface area contributed by atoms with E-state index in [-0.39, 0.29) is 34.6 Å². The van der Waals surface area contributed by atoms with Crippen molar-refractivity contribution in [1.29, 1.82) is 0 Å². The van der Waals surface area contributed by atoms with E-state index in [9.17, 15) is 18.0 Å². The molecule has 2 aromatic rings. The van der Waals surface area contributed by atoms with Crippen molar-refractivity contribution in [3.05, 3.63) is 63.1 Å². The molecule has 0 radical (unpaired) electrons. The number of piperazine rings is 1. The number of carbonyl (C=O) groups is 1. The largest absolute Gasteiger partial charge is 0.332 e. The summed E-state index contributed by atoms with van der Waals surface area (Å²) in [5.41, 5.74) is 3.68. The van der Waals surface area contributed by atoms with E-state index in [2.05, 4.69) is 11.4 Å². The summed E-state index contributed by atoms with van der Waals surface area (Å²) in [7, 11) is -3.20. The Morgan fingerprint density at radius 3 is 2.83 bits per heavy atom. The summed E-state index contributed by atoms with van der Waals surface area (Å²) in [6, 6.07) is 7.09. The van der Waals surface area contributed by atoms with Gasteiger partial charge in [0.15, 0.2) is 9.84 Å². The zero-order valence-electron chi connectivity index (χ0n) is 16.9. The lowest BCUT2D eigenvalue weighted by Crippen LogP contribution is -2.59. The number of amides is 1. The SMILES string of the molecule is Cc1ccn(-c2cccc3c2CCC3)c(=O)c1C(=O)N1CCN[C@@H]2CS(=O)(=O)C[C@@H]21. The van der Waals surface area contributed by atoms with Crippen LogP contribution in [0.2, 0.25) is 0 Å². The molecule has 1 aliphatic carbocycles. The molecule has 2 fully saturated rings. The third kappa shape index (κ3) is 3.09. The Morgan fingerprint density at radius 2 is 2.00 bits per heavy atom. The number of pyridine rings is 1. The van der Waals surface area contributed by atoms with Gasteiger partial charge in [-0.15, -0.1) is 0 Å². The van der Waals surface area contributed by atoms with E-state index in [0.29, 0.717) is 18.7 Å². The molecule has 2 saturated heterocycles. The molecule has 8 heteroatoms. The van der Waals surface area contributed by atoms with Crippen molar-refractivity contribution in [3.8, 4) is 5.69 Å². The summed E-state index contributed by atoms with van der Waals surface area (Å²) in [6.45, 7) is 2.68. The molecule has 2 atom stereocenters. The highest BCUT2D eigenvalue weighted by atomic mass is 32.2. The van der Waals surface area contributed by atoms with Gasteiger partial charge in [-0.25, -0.2) is 8.42 Å². The first-order chi connectivity index (χ1) is 14.4. The van der Waals surface area contributed by atoms with E-state index in [1.807, 2.05) is 12.1 Å². The van der Waals surface area contributed by atoms with Gasteiger partial charge in [-0.3, -0.25) is 14.2 Å². The molecular formula is C22H25N3O4S. The molecule has 5 rings (SSSR count). The lowest BCUT2D eigenvalue weighted by atomic mass is 10.0. The Labute approximate surface area is 175 Å². The van der Waals surface area contributed by atoms with Crippen LogP contribution in [0.1, 0.15) is 33.5 Å². The number of hydrogen-bond acceptors (Lipinski definition) is 5. The summed E-state index contributed by atoms with van der Waals surface area (Å²) in [4.78, 5) is 28.6. The standard InChI is InChI=1S/C22H25N3O4S/c1-14-8-10-24(18-7-3-5-15-4-2-6-16(15)18)21(26)20(14)22(27)25-11-9-23-17-12-30(28,29)13-19(17)25/h3,5,7-8,10,17,19,23H,2,4,6,9,11-13H2,1H3/t17-,19+/m1/s1. The average molecular weight is 428 g/mol. The van der Waals surface area contributed by atoms with Gasteiger partial charge in [0.2, 0.25) is 0 Å².